The molecule has 200 valence electrons. The molecule has 1 heterocycles. The highest BCUT2D eigenvalue weighted by molar-refractivity contribution is 6.10. The van der Waals surface area contributed by atoms with Gasteiger partial charge in [-0.05, 0) is 67.6 Å². The van der Waals surface area contributed by atoms with Crippen LogP contribution in [0, 0.1) is 20.8 Å². The molecule has 3 aromatic carbocycles. The summed E-state index contributed by atoms with van der Waals surface area (Å²) >= 11 is 0. The molecule has 1 aliphatic rings. The van der Waals surface area contributed by atoms with E-state index in [-0.39, 0.29) is 24.0 Å². The Morgan fingerprint density at radius 3 is 2.24 bits per heavy atom. The van der Waals surface area contributed by atoms with E-state index < -0.39 is 23.9 Å². The van der Waals surface area contributed by atoms with E-state index in [1.54, 1.807) is 12.1 Å². The van der Waals surface area contributed by atoms with Gasteiger partial charge in [-0.25, -0.2) is 9.59 Å². The minimum atomic E-state index is -1.25. The first-order valence-electron chi connectivity index (χ1n) is 12.6. The van der Waals surface area contributed by atoms with E-state index >= 15 is 0 Å². The lowest BCUT2D eigenvalue weighted by Crippen LogP contribution is -2.45. The van der Waals surface area contributed by atoms with Crippen molar-refractivity contribution in [1.82, 2.24) is 5.32 Å². The van der Waals surface area contributed by atoms with Crippen LogP contribution < -0.4 is 16.0 Å². The summed E-state index contributed by atoms with van der Waals surface area (Å²) in [5.74, 6) is -1.83. The van der Waals surface area contributed by atoms with E-state index in [0.29, 0.717) is 31.7 Å². The van der Waals surface area contributed by atoms with Crippen LogP contribution in [0.15, 0.2) is 48.5 Å². The molecule has 3 amide bonds. The van der Waals surface area contributed by atoms with E-state index in [1.807, 2.05) is 57.2 Å². The van der Waals surface area contributed by atoms with Gasteiger partial charge < -0.3 is 30.5 Å². The molecule has 1 aliphatic heterocycles. The van der Waals surface area contributed by atoms with Gasteiger partial charge in [0.05, 0.1) is 24.0 Å². The quantitative estimate of drug-likeness (QED) is 0.339. The van der Waals surface area contributed by atoms with Crippen LogP contribution in [0.5, 0.6) is 0 Å². The lowest BCUT2D eigenvalue weighted by molar-refractivity contribution is -0.142. The van der Waals surface area contributed by atoms with Crippen molar-refractivity contribution in [3.05, 3.63) is 70.8 Å². The van der Waals surface area contributed by atoms with Crippen LogP contribution in [0.1, 0.15) is 39.9 Å². The summed E-state index contributed by atoms with van der Waals surface area (Å²) in [6, 6.07) is 13.0. The molecule has 0 spiro atoms. The number of nitrogens with one attached hydrogen (secondary N) is 3. The number of ether oxygens (including phenoxy) is 2. The topological polar surface area (TPSA) is 126 Å². The van der Waals surface area contributed by atoms with Gasteiger partial charge in [0, 0.05) is 18.9 Å². The molecule has 1 saturated heterocycles. The largest absolute Gasteiger partial charge is 0.480 e. The fourth-order valence-electron chi connectivity index (χ4n) is 4.66. The van der Waals surface area contributed by atoms with Crippen LogP contribution in [-0.4, -0.2) is 55.0 Å². The molecule has 0 unspecified atom stereocenters. The van der Waals surface area contributed by atoms with E-state index in [2.05, 4.69) is 16.0 Å². The number of carbonyl (C=O) groups is 3. The Kier molecular flexibility index (Phi) is 8.60. The van der Waals surface area contributed by atoms with Crippen LogP contribution in [0.25, 0.3) is 10.8 Å². The van der Waals surface area contributed by atoms with Crippen molar-refractivity contribution in [3.8, 4) is 0 Å². The minimum absolute atomic E-state index is 0.113. The SMILES string of the molecule is Cc1cc(C)c(NC(=O)Nc2cc3ccccc3cc2C(=O)N[C@@H](COC2CCOCC2)C(=O)O)c(C)c1. The number of aryl methyl sites for hydroxylation is 3. The molecule has 4 rings (SSSR count). The lowest BCUT2D eigenvalue weighted by Gasteiger charge is -2.24. The Morgan fingerprint density at radius 1 is 0.974 bits per heavy atom. The summed E-state index contributed by atoms with van der Waals surface area (Å²) in [6.45, 7) is 6.77. The number of carboxylic acid groups (broad SMARTS) is 1. The van der Waals surface area contributed by atoms with Crippen LogP contribution in [0.4, 0.5) is 16.2 Å². The summed E-state index contributed by atoms with van der Waals surface area (Å²) in [5, 5.41) is 19.5. The second kappa shape index (κ2) is 12.1. The van der Waals surface area contributed by atoms with Crippen molar-refractivity contribution in [2.45, 2.75) is 45.8 Å². The highest BCUT2D eigenvalue weighted by Crippen LogP contribution is 2.26. The molecule has 0 saturated carbocycles. The van der Waals surface area contributed by atoms with Crippen molar-refractivity contribution in [2.75, 3.05) is 30.5 Å². The highest BCUT2D eigenvalue weighted by atomic mass is 16.5. The van der Waals surface area contributed by atoms with Crippen LogP contribution >= 0.6 is 0 Å². The lowest BCUT2D eigenvalue weighted by atomic mass is 10.0. The summed E-state index contributed by atoms with van der Waals surface area (Å²) in [5.41, 5.74) is 4.03. The van der Waals surface area contributed by atoms with Gasteiger partial charge >= 0.3 is 12.0 Å². The number of rotatable bonds is 8. The van der Waals surface area contributed by atoms with E-state index in [0.717, 1.165) is 27.5 Å². The summed E-state index contributed by atoms with van der Waals surface area (Å²) in [4.78, 5) is 38.3. The number of fused-ring (bicyclic) bond motifs is 1. The van der Waals surface area contributed by atoms with Crippen molar-refractivity contribution in [2.24, 2.45) is 0 Å². The highest BCUT2D eigenvalue weighted by Gasteiger charge is 2.25. The Morgan fingerprint density at radius 2 is 1.61 bits per heavy atom. The Labute approximate surface area is 221 Å². The van der Waals surface area contributed by atoms with Gasteiger partial charge in [-0.15, -0.1) is 0 Å². The fraction of sp³-hybridized carbons (Fsp3) is 0.345. The Bertz CT molecular complexity index is 1330. The van der Waals surface area contributed by atoms with Gasteiger partial charge in [-0.3, -0.25) is 4.79 Å². The number of urea groups is 1. The predicted octanol–water partition coefficient (Wildman–Crippen LogP) is 4.79. The fourth-order valence-corrected chi connectivity index (χ4v) is 4.66. The second-order valence-electron chi connectivity index (χ2n) is 9.61. The number of benzene rings is 3. The Hall–Kier alpha value is -3.95. The van der Waals surface area contributed by atoms with Gasteiger partial charge in [0.2, 0.25) is 0 Å². The normalized spacial score (nSPS) is 14.6. The van der Waals surface area contributed by atoms with Gasteiger partial charge in [-0.1, -0.05) is 42.0 Å². The van der Waals surface area contributed by atoms with E-state index in [4.69, 9.17) is 9.47 Å². The van der Waals surface area contributed by atoms with Crippen molar-refractivity contribution < 1.29 is 29.0 Å². The molecule has 0 bridgehead atoms. The molecule has 0 aromatic heterocycles. The first-order chi connectivity index (χ1) is 18.2. The maximum atomic E-state index is 13.3. The monoisotopic (exact) mass is 519 g/mol. The van der Waals surface area contributed by atoms with Crippen LogP contribution in [0.3, 0.4) is 0 Å². The molecule has 9 nitrogen and oxygen atoms in total. The standard InChI is InChI=1S/C29H33N3O6/c1-17-12-18(2)26(19(3)13-17)32-29(36)31-24-15-21-7-5-4-6-20(21)14-23(24)27(33)30-25(28(34)35)16-38-22-8-10-37-11-9-22/h4-7,12-15,22,25H,8-11,16H2,1-3H3,(H,30,33)(H,34,35)(H2,31,32,36)/t25-/m0/s1. The molecule has 1 atom stereocenters. The smallest absolute Gasteiger partial charge is 0.328 e. The second-order valence-corrected chi connectivity index (χ2v) is 9.61. The molecule has 38 heavy (non-hydrogen) atoms. The average molecular weight is 520 g/mol. The van der Waals surface area contributed by atoms with Gasteiger partial charge in [0.25, 0.3) is 5.91 Å². The summed E-state index contributed by atoms with van der Waals surface area (Å²) in [7, 11) is 0. The third kappa shape index (κ3) is 6.67. The first-order valence-corrected chi connectivity index (χ1v) is 12.6. The molecule has 9 heteroatoms. The zero-order chi connectivity index (χ0) is 27.2. The molecular weight excluding hydrogens is 486 g/mol. The number of anilines is 2. The molecule has 1 fully saturated rings. The number of hydrogen-bond acceptors (Lipinski definition) is 5. The summed E-state index contributed by atoms with van der Waals surface area (Å²) < 4.78 is 11.1. The Balaban J connectivity index is 1.55. The molecule has 0 radical (unpaired) electrons. The zero-order valence-corrected chi connectivity index (χ0v) is 21.8. The number of amides is 3. The number of carboxylic acids is 1. The molecular formula is C29H33N3O6. The van der Waals surface area contributed by atoms with E-state index in [1.165, 1.54) is 0 Å². The molecule has 4 N–H and O–H groups in total. The van der Waals surface area contributed by atoms with Gasteiger partial charge in [0.1, 0.15) is 0 Å². The number of carbonyl (C=O) groups excluding carboxylic acids is 2. The van der Waals surface area contributed by atoms with Crippen molar-refractivity contribution in [1.29, 1.82) is 0 Å². The molecule has 0 aliphatic carbocycles. The van der Waals surface area contributed by atoms with Crippen molar-refractivity contribution >= 4 is 40.1 Å². The maximum absolute atomic E-state index is 13.3. The maximum Gasteiger partial charge on any atom is 0.328 e. The number of aliphatic carboxylic acids is 1. The third-order valence-electron chi connectivity index (χ3n) is 6.56. The molecule has 3 aromatic rings. The van der Waals surface area contributed by atoms with Gasteiger partial charge in [0.15, 0.2) is 6.04 Å². The van der Waals surface area contributed by atoms with Gasteiger partial charge in [-0.2, -0.15) is 0 Å². The summed E-state index contributed by atoms with van der Waals surface area (Å²) in [6.07, 6.45) is 1.24. The zero-order valence-electron chi connectivity index (χ0n) is 21.8. The van der Waals surface area contributed by atoms with E-state index in [9.17, 15) is 19.5 Å². The average Bonchev–Trinajstić information content (AvgIpc) is 2.88. The third-order valence-corrected chi connectivity index (χ3v) is 6.56. The predicted molar refractivity (Wildman–Crippen MR) is 146 cm³/mol. The van der Waals surface area contributed by atoms with Crippen LogP contribution in [0.2, 0.25) is 0 Å². The first kappa shape index (κ1) is 27.1. The van der Waals surface area contributed by atoms with Crippen molar-refractivity contribution in [3.63, 3.8) is 0 Å². The number of hydrogen-bond donors (Lipinski definition) is 4. The van der Waals surface area contributed by atoms with Crippen LogP contribution in [-0.2, 0) is 14.3 Å². The minimum Gasteiger partial charge on any atom is -0.480 e.